The molecule has 2 aromatic rings. The lowest BCUT2D eigenvalue weighted by atomic mass is 9.89. The maximum atomic E-state index is 13.3. The minimum Gasteiger partial charge on any atom is -0.480 e. The Hall–Kier alpha value is -3.33. The van der Waals surface area contributed by atoms with Crippen molar-refractivity contribution in [1.29, 1.82) is 0 Å². The van der Waals surface area contributed by atoms with E-state index in [1.54, 1.807) is 0 Å². The van der Waals surface area contributed by atoms with Crippen LogP contribution in [0.15, 0.2) is 59.8 Å². The maximum Gasteiger partial charge on any atom is 0.329 e. The van der Waals surface area contributed by atoms with Gasteiger partial charge in [-0.15, -0.1) is 0 Å². The van der Waals surface area contributed by atoms with E-state index in [-0.39, 0.29) is 16.2 Å². The van der Waals surface area contributed by atoms with Gasteiger partial charge in [0.2, 0.25) is 5.41 Å². The van der Waals surface area contributed by atoms with Crippen LogP contribution in [-0.2, 0) is 19.4 Å². The molecule has 28 heavy (non-hydrogen) atoms. The minimum atomic E-state index is -3.54. The Balaban J connectivity index is 2.20. The van der Waals surface area contributed by atoms with E-state index in [0.717, 1.165) is 18.4 Å². The molecule has 144 valence electrons. The Bertz CT molecular complexity index is 1120. The van der Waals surface area contributed by atoms with Gasteiger partial charge in [-0.1, -0.05) is 12.1 Å². The summed E-state index contributed by atoms with van der Waals surface area (Å²) in [5.41, 5.74) is -1.08. The zero-order chi connectivity index (χ0) is 20.7. The molecule has 0 saturated carbocycles. The summed E-state index contributed by atoms with van der Waals surface area (Å²) in [5.74, 6) is -3.68. The van der Waals surface area contributed by atoms with Crippen molar-refractivity contribution in [1.82, 2.24) is 4.98 Å². The number of carboxylic acid groups (broad SMARTS) is 2. The van der Waals surface area contributed by atoms with Crippen LogP contribution < -0.4 is 0 Å². The highest BCUT2D eigenvalue weighted by Gasteiger charge is 2.47. The van der Waals surface area contributed by atoms with E-state index in [0.29, 0.717) is 11.1 Å². The average molecular weight is 403 g/mol. The predicted octanol–water partition coefficient (Wildman–Crippen LogP) is 2.26. The number of aliphatic carboxylic acids is 2. The molecule has 1 aromatic heterocycles. The molecular weight excluding hydrogens is 389 g/mol. The number of hydrogen-bond donors (Lipinski definition) is 2. The quantitative estimate of drug-likeness (QED) is 0.735. The number of carbonyl (C=O) groups is 2. The monoisotopic (exact) mass is 403 g/mol. The van der Waals surface area contributed by atoms with Crippen LogP contribution in [0, 0.1) is 11.2 Å². The lowest BCUT2D eigenvalue weighted by Gasteiger charge is -2.13. The summed E-state index contributed by atoms with van der Waals surface area (Å²) in [6.07, 6.45) is 4.35. The summed E-state index contributed by atoms with van der Waals surface area (Å²) >= 11 is 0. The number of carboxylic acids is 2. The lowest BCUT2D eigenvalue weighted by Crippen LogP contribution is -2.34. The molecule has 0 unspecified atom stereocenters. The summed E-state index contributed by atoms with van der Waals surface area (Å²) in [6.45, 7) is 0. The van der Waals surface area contributed by atoms with Crippen LogP contribution in [0.4, 0.5) is 4.39 Å². The summed E-state index contributed by atoms with van der Waals surface area (Å²) in [6, 6.07) is 7.78. The second-order valence-electron chi connectivity index (χ2n) is 6.26. The topological polar surface area (TPSA) is 122 Å². The first-order chi connectivity index (χ1) is 13.0. The molecule has 9 heteroatoms. The smallest absolute Gasteiger partial charge is 0.329 e. The zero-order valence-corrected chi connectivity index (χ0v) is 15.3. The lowest BCUT2D eigenvalue weighted by molar-refractivity contribution is -0.157. The first kappa shape index (κ1) is 19.4. The third-order valence-corrected chi connectivity index (χ3v) is 5.33. The Morgan fingerprint density at radius 1 is 0.929 bits per heavy atom. The Morgan fingerprint density at radius 3 is 1.86 bits per heavy atom. The van der Waals surface area contributed by atoms with Crippen LogP contribution in [0.1, 0.15) is 11.1 Å². The van der Waals surface area contributed by atoms with E-state index in [9.17, 15) is 32.6 Å². The van der Waals surface area contributed by atoms with Gasteiger partial charge in [-0.05, 0) is 53.1 Å². The third-order valence-electron chi connectivity index (χ3n) is 4.32. The van der Waals surface area contributed by atoms with Crippen molar-refractivity contribution in [3.63, 3.8) is 0 Å². The van der Waals surface area contributed by atoms with E-state index < -0.39 is 33.0 Å². The summed E-state index contributed by atoms with van der Waals surface area (Å²) in [7, 11) is -3.54. The fourth-order valence-corrected chi connectivity index (χ4v) is 3.42. The van der Waals surface area contributed by atoms with Crippen LogP contribution in [0.5, 0.6) is 0 Å². The fraction of sp³-hybridized carbons (Fsp3) is 0.105. The molecule has 0 spiro atoms. The molecule has 0 aliphatic heterocycles. The summed E-state index contributed by atoms with van der Waals surface area (Å²) < 4.78 is 36.4. The number of aromatic nitrogens is 1. The number of sulfone groups is 1. The van der Waals surface area contributed by atoms with Gasteiger partial charge in [-0.3, -0.25) is 9.59 Å². The van der Waals surface area contributed by atoms with Crippen LogP contribution in [0.25, 0.3) is 11.1 Å². The van der Waals surface area contributed by atoms with Crippen molar-refractivity contribution in [3.8, 4) is 0 Å². The SMILES string of the molecule is CS(=O)(=O)c1ccc(C2=CC(C(=O)O)(C(=O)O)C=C2c2ccc(F)cc2)cn1. The number of allylic oxidation sites excluding steroid dienone is 2. The number of halogens is 1. The number of hydrogen-bond acceptors (Lipinski definition) is 5. The molecule has 1 aromatic carbocycles. The van der Waals surface area contributed by atoms with Crippen molar-refractivity contribution in [3.05, 3.63) is 71.7 Å². The molecule has 0 bridgehead atoms. The van der Waals surface area contributed by atoms with Gasteiger partial charge < -0.3 is 10.2 Å². The summed E-state index contributed by atoms with van der Waals surface area (Å²) in [5, 5.41) is 18.9. The fourth-order valence-electron chi connectivity index (χ4n) is 2.86. The van der Waals surface area contributed by atoms with Crippen LogP contribution >= 0.6 is 0 Å². The van der Waals surface area contributed by atoms with Crippen LogP contribution in [-0.4, -0.2) is 41.8 Å². The molecule has 2 N–H and O–H groups in total. The van der Waals surface area contributed by atoms with Crippen LogP contribution in [0.2, 0.25) is 0 Å². The van der Waals surface area contributed by atoms with Gasteiger partial charge in [0, 0.05) is 18.0 Å². The Morgan fingerprint density at radius 2 is 1.43 bits per heavy atom. The number of nitrogens with zero attached hydrogens (tertiary/aromatic N) is 1. The molecular formula is C19H14FNO6S. The third kappa shape index (κ3) is 3.31. The van der Waals surface area contributed by atoms with Crippen molar-refractivity contribution < 1.29 is 32.6 Å². The normalized spacial score (nSPS) is 15.6. The number of rotatable bonds is 5. The minimum absolute atomic E-state index is 0.176. The van der Waals surface area contributed by atoms with E-state index in [2.05, 4.69) is 4.98 Å². The highest BCUT2D eigenvalue weighted by molar-refractivity contribution is 7.90. The molecule has 1 aliphatic carbocycles. The average Bonchev–Trinajstić information content (AvgIpc) is 3.04. The van der Waals surface area contributed by atoms with E-state index >= 15 is 0 Å². The van der Waals surface area contributed by atoms with Gasteiger partial charge in [0.15, 0.2) is 14.9 Å². The van der Waals surface area contributed by atoms with Crippen molar-refractivity contribution >= 4 is 32.9 Å². The second kappa shape index (κ2) is 6.68. The molecule has 0 amide bonds. The number of pyridine rings is 1. The molecule has 7 nitrogen and oxygen atoms in total. The largest absolute Gasteiger partial charge is 0.480 e. The zero-order valence-electron chi connectivity index (χ0n) is 14.5. The van der Waals surface area contributed by atoms with Gasteiger partial charge in [-0.2, -0.15) is 0 Å². The Labute approximate surface area is 159 Å². The molecule has 1 aliphatic rings. The van der Waals surface area contributed by atoms with Gasteiger partial charge in [-0.25, -0.2) is 17.8 Å². The molecule has 0 atom stereocenters. The van der Waals surface area contributed by atoms with Gasteiger partial charge in [0.1, 0.15) is 5.82 Å². The number of benzene rings is 1. The van der Waals surface area contributed by atoms with E-state index in [4.69, 9.17) is 0 Å². The Kier molecular flexibility index (Phi) is 4.64. The first-order valence-corrected chi connectivity index (χ1v) is 9.79. The molecule has 3 rings (SSSR count). The van der Waals surface area contributed by atoms with Crippen molar-refractivity contribution in [2.45, 2.75) is 5.03 Å². The first-order valence-electron chi connectivity index (χ1n) is 7.90. The van der Waals surface area contributed by atoms with Gasteiger partial charge >= 0.3 is 11.9 Å². The summed E-state index contributed by atoms with van der Waals surface area (Å²) in [4.78, 5) is 27.3. The van der Waals surface area contributed by atoms with E-state index in [1.807, 2.05) is 0 Å². The van der Waals surface area contributed by atoms with Gasteiger partial charge in [0.05, 0.1) is 0 Å². The molecule has 0 fully saturated rings. The standard InChI is InChI=1S/C19H14FNO6S/c1-28(26,27)16-7-4-12(10-21-16)15-9-19(17(22)23,18(24)25)8-14(15)11-2-5-13(20)6-3-11/h2-10H,1H3,(H,22,23)(H,24,25). The van der Waals surface area contributed by atoms with Crippen LogP contribution in [0.3, 0.4) is 0 Å². The van der Waals surface area contributed by atoms with Crippen molar-refractivity contribution in [2.75, 3.05) is 6.26 Å². The maximum absolute atomic E-state index is 13.3. The predicted molar refractivity (Wildman–Crippen MR) is 97.4 cm³/mol. The highest BCUT2D eigenvalue weighted by Crippen LogP contribution is 2.44. The highest BCUT2D eigenvalue weighted by atomic mass is 32.2. The van der Waals surface area contributed by atoms with E-state index in [1.165, 1.54) is 42.6 Å². The van der Waals surface area contributed by atoms with Gasteiger partial charge in [0.25, 0.3) is 0 Å². The van der Waals surface area contributed by atoms with Crippen molar-refractivity contribution in [2.24, 2.45) is 5.41 Å². The molecule has 0 saturated heterocycles. The molecule has 0 radical (unpaired) electrons. The molecule has 1 heterocycles. The second-order valence-corrected chi connectivity index (χ2v) is 8.22.